The Morgan fingerprint density at radius 2 is 1.83 bits per heavy atom. The molecule has 0 radical (unpaired) electrons. The number of urea groups is 1. The highest BCUT2D eigenvalue weighted by Crippen LogP contribution is 2.12. The molecule has 0 fully saturated rings. The lowest BCUT2D eigenvalue weighted by Gasteiger charge is -2.13. The Morgan fingerprint density at radius 3 is 2.48 bits per heavy atom. The monoisotopic (exact) mass is 314 g/mol. The molecular weight excluding hydrogens is 292 g/mol. The Balaban J connectivity index is 1.82. The van der Waals surface area contributed by atoms with E-state index in [0.29, 0.717) is 13.1 Å². The second-order valence-corrected chi connectivity index (χ2v) is 5.30. The summed E-state index contributed by atoms with van der Waals surface area (Å²) in [6.07, 6.45) is 1.74. The van der Waals surface area contributed by atoms with Gasteiger partial charge >= 0.3 is 6.03 Å². The maximum Gasteiger partial charge on any atom is 0.315 e. The van der Waals surface area contributed by atoms with Gasteiger partial charge < -0.3 is 20.3 Å². The number of nitrogens with one attached hydrogen (secondary N) is 2. The summed E-state index contributed by atoms with van der Waals surface area (Å²) in [7, 11) is 5.48. The number of carbonyl (C=O) groups excluding carboxylic acids is 1. The van der Waals surface area contributed by atoms with Crippen LogP contribution in [0.1, 0.15) is 11.1 Å². The Bertz CT molecular complexity index is 659. The van der Waals surface area contributed by atoms with E-state index in [4.69, 9.17) is 4.74 Å². The Morgan fingerprint density at radius 1 is 1.13 bits per heavy atom. The second-order valence-electron chi connectivity index (χ2n) is 5.30. The average molecular weight is 314 g/mol. The SMILES string of the molecule is COc1cccc(CNC(=O)NCc2ccnc(N(C)C)c2)c1. The Hall–Kier alpha value is -2.76. The van der Waals surface area contributed by atoms with E-state index in [1.165, 1.54) is 0 Å². The molecule has 0 unspecified atom stereocenters. The maximum atomic E-state index is 11.9. The number of anilines is 1. The first-order chi connectivity index (χ1) is 11.1. The van der Waals surface area contributed by atoms with Crippen molar-refractivity contribution in [2.24, 2.45) is 0 Å². The molecule has 0 aliphatic rings. The van der Waals surface area contributed by atoms with Crippen molar-refractivity contribution in [2.75, 3.05) is 26.1 Å². The summed E-state index contributed by atoms with van der Waals surface area (Å²) in [5, 5.41) is 5.66. The standard InChI is InChI=1S/C17H22N4O2/c1-21(2)16-10-14(7-8-18-16)12-20-17(22)19-11-13-5-4-6-15(9-13)23-3/h4-10H,11-12H2,1-3H3,(H2,19,20,22). The lowest BCUT2D eigenvalue weighted by molar-refractivity contribution is 0.240. The van der Waals surface area contributed by atoms with Gasteiger partial charge in [0.2, 0.25) is 0 Å². The highest BCUT2D eigenvalue weighted by atomic mass is 16.5. The molecule has 1 aromatic heterocycles. The fraction of sp³-hybridized carbons (Fsp3) is 0.294. The molecule has 2 rings (SSSR count). The van der Waals surface area contributed by atoms with Gasteiger partial charge in [-0.1, -0.05) is 12.1 Å². The third-order valence-corrected chi connectivity index (χ3v) is 3.31. The lowest BCUT2D eigenvalue weighted by atomic mass is 10.2. The van der Waals surface area contributed by atoms with Gasteiger partial charge in [-0.3, -0.25) is 0 Å². The molecule has 0 aliphatic heterocycles. The summed E-state index contributed by atoms with van der Waals surface area (Å²) in [6, 6.07) is 11.2. The van der Waals surface area contributed by atoms with Crippen LogP contribution >= 0.6 is 0 Å². The summed E-state index contributed by atoms with van der Waals surface area (Å²) in [6.45, 7) is 0.898. The number of amides is 2. The van der Waals surface area contributed by atoms with Crippen molar-refractivity contribution in [3.05, 3.63) is 53.7 Å². The zero-order chi connectivity index (χ0) is 16.7. The number of benzene rings is 1. The molecule has 122 valence electrons. The summed E-state index contributed by atoms with van der Waals surface area (Å²) in [4.78, 5) is 18.1. The molecule has 0 saturated heterocycles. The third kappa shape index (κ3) is 5.18. The van der Waals surface area contributed by atoms with E-state index >= 15 is 0 Å². The molecule has 6 nitrogen and oxygen atoms in total. The van der Waals surface area contributed by atoms with Crippen LogP contribution in [0.3, 0.4) is 0 Å². The number of pyridine rings is 1. The predicted octanol–water partition coefficient (Wildman–Crippen LogP) is 2.16. The lowest BCUT2D eigenvalue weighted by Crippen LogP contribution is -2.34. The first-order valence-corrected chi connectivity index (χ1v) is 7.35. The largest absolute Gasteiger partial charge is 0.497 e. The summed E-state index contributed by atoms with van der Waals surface area (Å²) >= 11 is 0. The fourth-order valence-electron chi connectivity index (χ4n) is 2.02. The molecule has 1 heterocycles. The van der Waals surface area contributed by atoms with Crippen molar-refractivity contribution >= 4 is 11.8 Å². The number of hydrogen-bond donors (Lipinski definition) is 2. The van der Waals surface area contributed by atoms with E-state index in [0.717, 1.165) is 22.7 Å². The first-order valence-electron chi connectivity index (χ1n) is 7.35. The van der Waals surface area contributed by atoms with E-state index < -0.39 is 0 Å². The number of rotatable bonds is 6. The van der Waals surface area contributed by atoms with E-state index in [1.807, 2.05) is 55.4 Å². The first kappa shape index (κ1) is 16.6. The Labute approximate surface area is 136 Å². The minimum atomic E-state index is -0.212. The smallest absolute Gasteiger partial charge is 0.315 e. The van der Waals surface area contributed by atoms with Crippen LogP contribution in [-0.2, 0) is 13.1 Å². The van der Waals surface area contributed by atoms with E-state index in [-0.39, 0.29) is 6.03 Å². The molecule has 0 atom stereocenters. The van der Waals surface area contributed by atoms with Crippen molar-refractivity contribution in [3.8, 4) is 5.75 Å². The van der Waals surface area contributed by atoms with Crippen LogP contribution in [0, 0.1) is 0 Å². The minimum absolute atomic E-state index is 0.212. The van der Waals surface area contributed by atoms with E-state index in [2.05, 4.69) is 15.6 Å². The number of carbonyl (C=O) groups is 1. The highest BCUT2D eigenvalue weighted by Gasteiger charge is 2.03. The van der Waals surface area contributed by atoms with Crippen molar-refractivity contribution in [3.63, 3.8) is 0 Å². The summed E-state index contributed by atoms with van der Waals surface area (Å²) in [5.41, 5.74) is 1.98. The van der Waals surface area contributed by atoms with Gasteiger partial charge in [0.15, 0.2) is 0 Å². The molecular formula is C17H22N4O2. The van der Waals surface area contributed by atoms with Crippen LogP contribution in [0.2, 0.25) is 0 Å². The topological polar surface area (TPSA) is 66.5 Å². The zero-order valence-corrected chi connectivity index (χ0v) is 13.7. The number of nitrogens with zero attached hydrogens (tertiary/aromatic N) is 2. The highest BCUT2D eigenvalue weighted by molar-refractivity contribution is 5.73. The van der Waals surface area contributed by atoms with Gasteiger partial charge in [0.25, 0.3) is 0 Å². The number of ether oxygens (including phenoxy) is 1. The van der Waals surface area contributed by atoms with E-state index in [1.54, 1.807) is 13.3 Å². The number of hydrogen-bond acceptors (Lipinski definition) is 4. The number of methoxy groups -OCH3 is 1. The molecule has 0 bridgehead atoms. The van der Waals surface area contributed by atoms with Crippen LogP contribution in [-0.4, -0.2) is 32.2 Å². The zero-order valence-electron chi connectivity index (χ0n) is 13.7. The normalized spacial score (nSPS) is 10.0. The molecule has 1 aromatic carbocycles. The van der Waals surface area contributed by atoms with Crippen molar-refractivity contribution in [2.45, 2.75) is 13.1 Å². The molecule has 0 spiro atoms. The molecule has 0 saturated carbocycles. The van der Waals surface area contributed by atoms with Crippen molar-refractivity contribution in [1.29, 1.82) is 0 Å². The molecule has 2 aromatic rings. The summed E-state index contributed by atoms with van der Waals surface area (Å²) in [5.74, 6) is 1.64. The van der Waals surface area contributed by atoms with Gasteiger partial charge in [0.05, 0.1) is 7.11 Å². The van der Waals surface area contributed by atoms with Gasteiger partial charge in [-0.05, 0) is 35.4 Å². The molecule has 6 heteroatoms. The van der Waals surface area contributed by atoms with Gasteiger partial charge in [-0.25, -0.2) is 9.78 Å². The van der Waals surface area contributed by atoms with Crippen molar-refractivity contribution < 1.29 is 9.53 Å². The van der Waals surface area contributed by atoms with E-state index in [9.17, 15) is 4.79 Å². The molecule has 23 heavy (non-hydrogen) atoms. The molecule has 0 aliphatic carbocycles. The number of aromatic nitrogens is 1. The quantitative estimate of drug-likeness (QED) is 0.857. The van der Waals surface area contributed by atoms with Crippen LogP contribution in [0.4, 0.5) is 10.6 Å². The van der Waals surface area contributed by atoms with Gasteiger partial charge in [0.1, 0.15) is 11.6 Å². The maximum absolute atomic E-state index is 11.9. The van der Waals surface area contributed by atoms with Crippen LogP contribution in [0.25, 0.3) is 0 Å². The minimum Gasteiger partial charge on any atom is -0.497 e. The predicted molar refractivity (Wildman–Crippen MR) is 90.6 cm³/mol. The third-order valence-electron chi connectivity index (χ3n) is 3.31. The van der Waals surface area contributed by atoms with Crippen LogP contribution in [0.15, 0.2) is 42.6 Å². The van der Waals surface area contributed by atoms with Gasteiger partial charge in [0, 0.05) is 33.4 Å². The van der Waals surface area contributed by atoms with Crippen LogP contribution in [0.5, 0.6) is 5.75 Å². The second kappa shape index (κ2) is 8.03. The van der Waals surface area contributed by atoms with Crippen LogP contribution < -0.4 is 20.3 Å². The van der Waals surface area contributed by atoms with Gasteiger partial charge in [-0.15, -0.1) is 0 Å². The summed E-state index contributed by atoms with van der Waals surface area (Å²) < 4.78 is 5.16. The average Bonchev–Trinajstić information content (AvgIpc) is 2.58. The fourth-order valence-corrected chi connectivity index (χ4v) is 2.02. The van der Waals surface area contributed by atoms with Gasteiger partial charge in [-0.2, -0.15) is 0 Å². The van der Waals surface area contributed by atoms with Crippen molar-refractivity contribution in [1.82, 2.24) is 15.6 Å². The molecule has 2 amide bonds. The molecule has 2 N–H and O–H groups in total. The Kier molecular flexibility index (Phi) is 5.80.